The Morgan fingerprint density at radius 1 is 1.16 bits per heavy atom. The summed E-state index contributed by atoms with van der Waals surface area (Å²) >= 11 is 0. The monoisotopic (exact) mass is 434 g/mol. The summed E-state index contributed by atoms with van der Waals surface area (Å²) < 4.78 is 2.11. The summed E-state index contributed by atoms with van der Waals surface area (Å²) in [6.45, 7) is 9.86. The zero-order valence-corrected chi connectivity index (χ0v) is 19.8. The quantitative estimate of drug-likeness (QED) is 0.632. The summed E-state index contributed by atoms with van der Waals surface area (Å²) in [5.74, 6) is 2.09. The smallest absolute Gasteiger partial charge is 0.225 e. The standard InChI is InChI=1S/C25H34N6O/c1-16(2)13-21(23-28-20-10-6-7-11-22(20)30(23)5)29-24(32)19-9-8-12-31(15-19)25-26-17(3)14-18(4)27-25/h6-7,10-11,14,16,19,21H,8-9,12-13,15H2,1-5H3,(H,29,32)/t19-,21-/m1/s1. The van der Waals surface area contributed by atoms with Gasteiger partial charge in [0.2, 0.25) is 11.9 Å². The molecule has 1 aliphatic heterocycles. The second kappa shape index (κ2) is 9.27. The number of hydrogen-bond donors (Lipinski definition) is 1. The number of carbonyl (C=O) groups excluding carboxylic acids is 1. The van der Waals surface area contributed by atoms with Crippen LogP contribution in [0, 0.1) is 25.7 Å². The van der Waals surface area contributed by atoms with E-state index in [-0.39, 0.29) is 17.9 Å². The van der Waals surface area contributed by atoms with Crippen LogP contribution in [0.15, 0.2) is 30.3 Å². The molecule has 170 valence electrons. The zero-order chi connectivity index (χ0) is 22.8. The third-order valence-electron chi connectivity index (χ3n) is 6.20. The van der Waals surface area contributed by atoms with Gasteiger partial charge in [-0.05, 0) is 57.2 Å². The largest absolute Gasteiger partial charge is 0.346 e. The SMILES string of the molecule is Cc1cc(C)nc(N2CCC[C@@H](C(=O)N[C@H](CC(C)C)c3nc4ccccc4n3C)C2)n1. The van der Waals surface area contributed by atoms with Crippen molar-refractivity contribution in [2.75, 3.05) is 18.0 Å². The number of amides is 1. The number of fused-ring (bicyclic) bond motifs is 1. The van der Waals surface area contributed by atoms with E-state index in [0.29, 0.717) is 12.5 Å². The Labute approximate surface area is 190 Å². The number of carbonyl (C=O) groups is 1. The van der Waals surface area contributed by atoms with Crippen molar-refractivity contribution in [1.82, 2.24) is 24.8 Å². The second-order valence-electron chi connectivity index (χ2n) is 9.44. The van der Waals surface area contributed by atoms with Gasteiger partial charge < -0.3 is 14.8 Å². The van der Waals surface area contributed by atoms with E-state index in [4.69, 9.17) is 4.98 Å². The summed E-state index contributed by atoms with van der Waals surface area (Å²) in [7, 11) is 2.03. The first-order valence-corrected chi connectivity index (χ1v) is 11.6. The summed E-state index contributed by atoms with van der Waals surface area (Å²) in [5.41, 5.74) is 3.96. The van der Waals surface area contributed by atoms with Gasteiger partial charge in [-0.1, -0.05) is 26.0 Å². The fraction of sp³-hybridized carbons (Fsp3) is 0.520. The van der Waals surface area contributed by atoms with Crippen molar-refractivity contribution >= 4 is 22.9 Å². The lowest BCUT2D eigenvalue weighted by atomic mass is 9.96. The lowest BCUT2D eigenvalue weighted by Crippen LogP contribution is -2.45. The normalized spacial score (nSPS) is 17.7. The van der Waals surface area contributed by atoms with Crippen molar-refractivity contribution in [3.63, 3.8) is 0 Å². The molecule has 0 aliphatic carbocycles. The molecule has 0 saturated carbocycles. The van der Waals surface area contributed by atoms with E-state index in [1.807, 2.05) is 45.2 Å². The molecule has 0 unspecified atom stereocenters. The first-order chi connectivity index (χ1) is 15.3. The molecule has 1 fully saturated rings. The molecule has 2 atom stereocenters. The number of piperidine rings is 1. The number of para-hydroxylation sites is 2. The zero-order valence-electron chi connectivity index (χ0n) is 19.8. The number of anilines is 1. The Bertz CT molecular complexity index is 1080. The lowest BCUT2D eigenvalue weighted by molar-refractivity contribution is -0.126. The van der Waals surface area contributed by atoms with Crippen LogP contribution in [0.3, 0.4) is 0 Å². The van der Waals surface area contributed by atoms with Crippen LogP contribution in [0.5, 0.6) is 0 Å². The summed E-state index contributed by atoms with van der Waals surface area (Å²) in [6, 6.07) is 9.98. The molecular weight excluding hydrogens is 400 g/mol. The van der Waals surface area contributed by atoms with E-state index in [2.05, 4.69) is 44.7 Å². The fourth-order valence-corrected chi connectivity index (χ4v) is 4.69. The number of nitrogens with zero attached hydrogens (tertiary/aromatic N) is 5. The van der Waals surface area contributed by atoms with Crippen LogP contribution < -0.4 is 10.2 Å². The van der Waals surface area contributed by atoms with E-state index >= 15 is 0 Å². The third kappa shape index (κ3) is 4.76. The first-order valence-electron chi connectivity index (χ1n) is 11.6. The Balaban J connectivity index is 1.53. The molecular formula is C25H34N6O. The van der Waals surface area contributed by atoms with Crippen LogP contribution >= 0.6 is 0 Å². The number of imidazole rings is 1. The molecule has 1 aliphatic rings. The minimum Gasteiger partial charge on any atom is -0.346 e. The molecule has 7 heteroatoms. The average Bonchev–Trinajstić information content (AvgIpc) is 3.09. The van der Waals surface area contributed by atoms with Gasteiger partial charge in [-0.3, -0.25) is 4.79 Å². The van der Waals surface area contributed by atoms with Gasteiger partial charge in [0.15, 0.2) is 0 Å². The molecule has 2 aromatic heterocycles. The molecule has 3 aromatic rings. The Morgan fingerprint density at radius 3 is 2.56 bits per heavy atom. The molecule has 1 amide bonds. The van der Waals surface area contributed by atoms with Crippen LogP contribution in [-0.2, 0) is 11.8 Å². The third-order valence-corrected chi connectivity index (χ3v) is 6.20. The average molecular weight is 435 g/mol. The maximum absolute atomic E-state index is 13.4. The molecule has 1 aromatic carbocycles. The number of rotatable bonds is 6. The number of benzene rings is 1. The van der Waals surface area contributed by atoms with Crippen LogP contribution in [0.25, 0.3) is 11.0 Å². The van der Waals surface area contributed by atoms with Gasteiger partial charge in [-0.15, -0.1) is 0 Å². The van der Waals surface area contributed by atoms with Crippen molar-refractivity contribution in [3.05, 3.63) is 47.5 Å². The van der Waals surface area contributed by atoms with Crippen molar-refractivity contribution in [2.24, 2.45) is 18.9 Å². The fourth-order valence-electron chi connectivity index (χ4n) is 4.69. The molecule has 3 heterocycles. The molecule has 0 radical (unpaired) electrons. The van der Waals surface area contributed by atoms with E-state index in [1.165, 1.54) is 0 Å². The minimum absolute atomic E-state index is 0.0856. The van der Waals surface area contributed by atoms with Crippen LogP contribution in [-0.4, -0.2) is 38.5 Å². The highest BCUT2D eigenvalue weighted by atomic mass is 16.2. The predicted octanol–water partition coefficient (Wildman–Crippen LogP) is 4.10. The summed E-state index contributed by atoms with van der Waals surface area (Å²) in [4.78, 5) is 29.6. The Hall–Kier alpha value is -2.96. The van der Waals surface area contributed by atoms with E-state index in [1.54, 1.807) is 0 Å². The van der Waals surface area contributed by atoms with E-state index in [9.17, 15) is 4.79 Å². The minimum atomic E-state index is -0.118. The number of nitrogens with one attached hydrogen (secondary N) is 1. The summed E-state index contributed by atoms with van der Waals surface area (Å²) in [6.07, 6.45) is 2.68. The molecule has 7 nitrogen and oxygen atoms in total. The molecule has 1 N–H and O–H groups in total. The first kappa shape index (κ1) is 22.2. The van der Waals surface area contributed by atoms with Gasteiger partial charge in [-0.2, -0.15) is 0 Å². The molecule has 4 rings (SSSR count). The van der Waals surface area contributed by atoms with Gasteiger partial charge >= 0.3 is 0 Å². The van der Waals surface area contributed by atoms with Crippen molar-refractivity contribution in [3.8, 4) is 0 Å². The maximum Gasteiger partial charge on any atom is 0.225 e. The van der Waals surface area contributed by atoms with Crippen LogP contribution in [0.4, 0.5) is 5.95 Å². The highest BCUT2D eigenvalue weighted by Crippen LogP contribution is 2.27. The molecule has 0 spiro atoms. The maximum atomic E-state index is 13.4. The van der Waals surface area contributed by atoms with Crippen molar-refractivity contribution in [1.29, 1.82) is 0 Å². The van der Waals surface area contributed by atoms with E-state index < -0.39 is 0 Å². The van der Waals surface area contributed by atoms with Crippen molar-refractivity contribution in [2.45, 2.75) is 53.0 Å². The molecule has 0 bridgehead atoms. The lowest BCUT2D eigenvalue weighted by Gasteiger charge is -2.33. The van der Waals surface area contributed by atoms with Gasteiger partial charge in [0.25, 0.3) is 0 Å². The number of hydrogen-bond acceptors (Lipinski definition) is 5. The van der Waals surface area contributed by atoms with E-state index in [0.717, 1.165) is 60.0 Å². The number of aryl methyl sites for hydroxylation is 3. The second-order valence-corrected chi connectivity index (χ2v) is 9.44. The van der Waals surface area contributed by atoms with Gasteiger partial charge in [0.05, 0.1) is 23.0 Å². The topological polar surface area (TPSA) is 75.9 Å². The molecule has 1 saturated heterocycles. The highest BCUT2D eigenvalue weighted by Gasteiger charge is 2.30. The van der Waals surface area contributed by atoms with Crippen LogP contribution in [0.1, 0.15) is 56.4 Å². The van der Waals surface area contributed by atoms with Gasteiger partial charge in [0, 0.05) is 31.5 Å². The van der Waals surface area contributed by atoms with Gasteiger partial charge in [0.1, 0.15) is 5.82 Å². The Morgan fingerprint density at radius 2 is 1.88 bits per heavy atom. The summed E-state index contributed by atoms with van der Waals surface area (Å²) in [5, 5.41) is 3.34. The van der Waals surface area contributed by atoms with Crippen LogP contribution in [0.2, 0.25) is 0 Å². The predicted molar refractivity (Wildman–Crippen MR) is 127 cm³/mol. The van der Waals surface area contributed by atoms with Crippen molar-refractivity contribution < 1.29 is 4.79 Å². The molecule has 32 heavy (non-hydrogen) atoms. The Kier molecular flexibility index (Phi) is 6.44. The van der Waals surface area contributed by atoms with Gasteiger partial charge in [-0.25, -0.2) is 15.0 Å². The highest BCUT2D eigenvalue weighted by molar-refractivity contribution is 5.80. The number of aromatic nitrogens is 4.